The lowest BCUT2D eigenvalue weighted by Crippen LogP contribution is -2.38. The molecule has 6 nitrogen and oxygen atoms in total. The molecule has 1 heterocycles. The maximum absolute atomic E-state index is 13.6. The predicted molar refractivity (Wildman–Crippen MR) is 98.8 cm³/mol. The minimum Gasteiger partial charge on any atom is -0.465 e. The van der Waals surface area contributed by atoms with Crippen LogP contribution in [0.4, 0.5) is 13.2 Å². The highest BCUT2D eigenvalue weighted by Crippen LogP contribution is 2.26. The number of ether oxygens (including phenoxy) is 2. The third-order valence-corrected chi connectivity index (χ3v) is 4.14. The van der Waals surface area contributed by atoms with Gasteiger partial charge in [-0.1, -0.05) is 0 Å². The highest BCUT2D eigenvalue weighted by molar-refractivity contribution is 6.16. The first kappa shape index (κ1) is 23.1. The number of benzene rings is 1. The lowest BCUT2D eigenvalue weighted by Gasteiger charge is -2.20. The van der Waals surface area contributed by atoms with Gasteiger partial charge in [-0.3, -0.25) is 19.4 Å². The molecule has 0 saturated carbocycles. The van der Waals surface area contributed by atoms with Gasteiger partial charge in [-0.15, -0.1) is 0 Å². The van der Waals surface area contributed by atoms with E-state index in [4.69, 9.17) is 9.47 Å². The maximum atomic E-state index is 13.6. The number of carbonyl (C=O) groups excluding carboxylic acids is 3. The van der Waals surface area contributed by atoms with Crippen molar-refractivity contribution in [1.82, 2.24) is 4.98 Å². The average Bonchev–Trinajstić information content (AvgIpc) is 2.66. The molecule has 1 aromatic carbocycles. The summed E-state index contributed by atoms with van der Waals surface area (Å²) in [5.41, 5.74) is 0.105. The predicted octanol–water partition coefficient (Wildman–Crippen LogP) is 3.14. The van der Waals surface area contributed by atoms with Gasteiger partial charge >= 0.3 is 11.9 Å². The molecule has 0 aliphatic carbocycles. The Kier molecular flexibility index (Phi) is 8.08. The van der Waals surface area contributed by atoms with Gasteiger partial charge in [-0.2, -0.15) is 0 Å². The first-order chi connectivity index (χ1) is 14.3. The van der Waals surface area contributed by atoms with Crippen LogP contribution in [-0.2, 0) is 30.3 Å². The molecule has 30 heavy (non-hydrogen) atoms. The van der Waals surface area contributed by atoms with Gasteiger partial charge in [-0.05, 0) is 50.1 Å². The van der Waals surface area contributed by atoms with Crippen LogP contribution in [-0.4, -0.2) is 35.9 Å². The zero-order valence-corrected chi connectivity index (χ0v) is 16.4. The van der Waals surface area contributed by atoms with Gasteiger partial charge in [0.25, 0.3) is 0 Å². The van der Waals surface area contributed by atoms with Crippen molar-refractivity contribution < 1.29 is 37.0 Å². The molecule has 2 aromatic rings. The first-order valence-corrected chi connectivity index (χ1v) is 9.20. The number of hydrogen-bond acceptors (Lipinski definition) is 6. The molecular formula is C21H20F3NO5. The Hall–Kier alpha value is -3.23. The van der Waals surface area contributed by atoms with E-state index >= 15 is 0 Å². The molecule has 9 heteroatoms. The fraction of sp³-hybridized carbons (Fsp3) is 0.333. The summed E-state index contributed by atoms with van der Waals surface area (Å²) in [7, 11) is 0. The third kappa shape index (κ3) is 5.88. The van der Waals surface area contributed by atoms with Crippen LogP contribution in [0.3, 0.4) is 0 Å². The molecule has 160 valence electrons. The number of pyridine rings is 1. The minimum atomic E-state index is -1.92. The van der Waals surface area contributed by atoms with Gasteiger partial charge < -0.3 is 9.47 Å². The maximum Gasteiger partial charge on any atom is 0.328 e. The Morgan fingerprint density at radius 2 is 1.47 bits per heavy atom. The summed E-state index contributed by atoms with van der Waals surface area (Å²) in [4.78, 5) is 41.7. The molecule has 1 unspecified atom stereocenters. The van der Waals surface area contributed by atoms with Gasteiger partial charge in [0.1, 0.15) is 17.5 Å². The van der Waals surface area contributed by atoms with Crippen molar-refractivity contribution >= 4 is 17.7 Å². The lowest BCUT2D eigenvalue weighted by molar-refractivity contribution is -0.164. The summed E-state index contributed by atoms with van der Waals surface area (Å²) < 4.78 is 50.2. The van der Waals surface area contributed by atoms with Crippen molar-refractivity contribution in [3.8, 4) is 0 Å². The Bertz CT molecular complexity index is 879. The Morgan fingerprint density at radius 3 is 1.93 bits per heavy atom. The molecule has 1 aromatic heterocycles. The third-order valence-electron chi connectivity index (χ3n) is 4.14. The minimum absolute atomic E-state index is 0.0182. The molecule has 0 aliphatic rings. The second-order valence-corrected chi connectivity index (χ2v) is 6.28. The smallest absolute Gasteiger partial charge is 0.328 e. The number of ketones is 1. The number of rotatable bonds is 9. The summed E-state index contributed by atoms with van der Waals surface area (Å²) in [6, 6.07) is 4.92. The molecule has 0 N–H and O–H groups in total. The number of aromatic nitrogens is 1. The highest BCUT2D eigenvalue weighted by Gasteiger charge is 2.41. The molecule has 0 fully saturated rings. The normalized spacial score (nSPS) is 11.8. The van der Waals surface area contributed by atoms with E-state index < -0.39 is 47.0 Å². The van der Waals surface area contributed by atoms with Gasteiger partial charge in [0.15, 0.2) is 5.78 Å². The van der Waals surface area contributed by atoms with E-state index in [9.17, 15) is 27.6 Å². The molecule has 0 radical (unpaired) electrons. The molecule has 0 aliphatic heterocycles. The van der Waals surface area contributed by atoms with Crippen molar-refractivity contribution in [3.05, 3.63) is 65.2 Å². The fourth-order valence-corrected chi connectivity index (χ4v) is 2.89. The van der Waals surface area contributed by atoms with Gasteiger partial charge in [0.2, 0.25) is 5.92 Å². The Morgan fingerprint density at radius 1 is 0.900 bits per heavy atom. The number of hydrogen-bond donors (Lipinski definition) is 0. The van der Waals surface area contributed by atoms with E-state index in [2.05, 4.69) is 4.98 Å². The van der Waals surface area contributed by atoms with Gasteiger partial charge in [0.05, 0.1) is 31.0 Å². The number of halogens is 3. The quantitative estimate of drug-likeness (QED) is 0.455. The molecule has 0 spiro atoms. The van der Waals surface area contributed by atoms with E-state index in [0.29, 0.717) is 6.07 Å². The second kappa shape index (κ2) is 10.5. The number of carbonyl (C=O) groups is 3. The Balaban J connectivity index is 2.49. The van der Waals surface area contributed by atoms with Crippen LogP contribution in [0.25, 0.3) is 0 Å². The van der Waals surface area contributed by atoms with Gasteiger partial charge in [-0.25, -0.2) is 13.2 Å². The first-order valence-electron chi connectivity index (χ1n) is 9.20. The van der Waals surface area contributed by atoms with Crippen molar-refractivity contribution in [2.24, 2.45) is 5.92 Å². The van der Waals surface area contributed by atoms with E-state index in [1.54, 1.807) is 0 Å². The molecule has 0 saturated heterocycles. The fourth-order valence-electron chi connectivity index (χ4n) is 2.89. The van der Waals surface area contributed by atoms with Crippen LogP contribution in [0.1, 0.15) is 31.0 Å². The van der Waals surface area contributed by atoms with Crippen LogP contribution in [0.5, 0.6) is 0 Å². The van der Waals surface area contributed by atoms with Crippen LogP contribution in [0.2, 0.25) is 0 Å². The number of esters is 2. The Labute approximate surface area is 171 Å². The topological polar surface area (TPSA) is 82.6 Å². The standard InChI is InChI=1S/C21H20F3NO5/c1-3-29-20(27)18(21(28)30-4-2)19(26)16(17-6-5-13(22)11-25-17)9-12-7-14(23)10-15(24)8-12/h5-8,10-11,16,18H,3-4,9H2,1-2H3. The molecule has 0 amide bonds. The average molecular weight is 423 g/mol. The van der Waals surface area contributed by atoms with Crippen LogP contribution < -0.4 is 0 Å². The molecule has 0 bridgehead atoms. The van der Waals surface area contributed by atoms with Crippen molar-refractivity contribution in [1.29, 1.82) is 0 Å². The summed E-state index contributed by atoms with van der Waals surface area (Å²) in [5, 5.41) is 0. The molecule has 2 rings (SSSR count). The van der Waals surface area contributed by atoms with Crippen molar-refractivity contribution in [2.75, 3.05) is 13.2 Å². The largest absolute Gasteiger partial charge is 0.465 e. The second-order valence-electron chi connectivity index (χ2n) is 6.28. The summed E-state index contributed by atoms with van der Waals surface area (Å²) in [6.07, 6.45) is 0.562. The highest BCUT2D eigenvalue weighted by atomic mass is 19.1. The lowest BCUT2D eigenvalue weighted by atomic mass is 9.85. The van der Waals surface area contributed by atoms with E-state index in [-0.39, 0.29) is 30.9 Å². The van der Waals surface area contributed by atoms with Crippen LogP contribution in [0, 0.1) is 23.4 Å². The summed E-state index contributed by atoms with van der Waals surface area (Å²) >= 11 is 0. The molecular weight excluding hydrogens is 403 g/mol. The van der Waals surface area contributed by atoms with Crippen LogP contribution in [0.15, 0.2) is 36.5 Å². The molecule has 1 atom stereocenters. The number of nitrogens with zero attached hydrogens (tertiary/aromatic N) is 1. The number of Topliss-reactive ketones (excluding diaryl/α,β-unsaturated/α-hetero) is 1. The van der Waals surface area contributed by atoms with E-state index in [1.807, 2.05) is 0 Å². The van der Waals surface area contributed by atoms with Crippen molar-refractivity contribution in [3.63, 3.8) is 0 Å². The SMILES string of the molecule is CCOC(=O)C(C(=O)OCC)C(=O)C(Cc1cc(F)cc(F)c1)c1ccc(F)cn1. The monoisotopic (exact) mass is 423 g/mol. The van der Waals surface area contributed by atoms with E-state index in [1.165, 1.54) is 19.9 Å². The van der Waals surface area contributed by atoms with Crippen molar-refractivity contribution in [2.45, 2.75) is 26.2 Å². The summed E-state index contributed by atoms with van der Waals surface area (Å²) in [6.45, 7) is 2.82. The van der Waals surface area contributed by atoms with E-state index in [0.717, 1.165) is 24.4 Å². The zero-order chi connectivity index (χ0) is 22.3. The van der Waals surface area contributed by atoms with Gasteiger partial charge in [0, 0.05) is 6.07 Å². The van der Waals surface area contributed by atoms with Crippen LogP contribution >= 0.6 is 0 Å². The summed E-state index contributed by atoms with van der Waals surface area (Å²) in [5.74, 6) is -8.77. The zero-order valence-electron chi connectivity index (χ0n) is 16.4.